The summed E-state index contributed by atoms with van der Waals surface area (Å²) >= 11 is 0. The third kappa shape index (κ3) is 9.22. The van der Waals surface area contributed by atoms with Crippen molar-refractivity contribution >= 4 is 5.91 Å². The fourth-order valence-corrected chi connectivity index (χ4v) is 2.16. The second-order valence-corrected chi connectivity index (χ2v) is 5.06. The molecule has 0 spiro atoms. The van der Waals surface area contributed by atoms with Gasteiger partial charge in [0.05, 0.1) is 6.20 Å². The lowest BCUT2D eigenvalue weighted by atomic mass is 10.1. The molecule has 0 saturated carbocycles. The molecule has 0 aliphatic carbocycles. The molecule has 1 aromatic heterocycles. The number of aromatic nitrogens is 3. The van der Waals surface area contributed by atoms with Crippen molar-refractivity contribution in [1.29, 1.82) is 0 Å². The van der Waals surface area contributed by atoms with Crippen molar-refractivity contribution in [1.82, 2.24) is 15.0 Å². The van der Waals surface area contributed by atoms with E-state index in [4.69, 9.17) is 5.73 Å². The Kier molecular flexibility index (Phi) is 8.68. The number of nitrogens with zero attached hydrogens (tertiary/aromatic N) is 3. The molecule has 5 nitrogen and oxygen atoms in total. The third-order valence-corrected chi connectivity index (χ3v) is 3.28. The average Bonchev–Trinajstić information content (AvgIpc) is 2.88. The van der Waals surface area contributed by atoms with Gasteiger partial charge in [0, 0.05) is 19.2 Å². The number of aryl methyl sites for hydroxylation is 1. The largest absolute Gasteiger partial charge is 0.370 e. The lowest BCUT2D eigenvalue weighted by molar-refractivity contribution is -0.118. The van der Waals surface area contributed by atoms with E-state index < -0.39 is 0 Å². The first-order valence-corrected chi connectivity index (χ1v) is 7.41. The van der Waals surface area contributed by atoms with Crippen LogP contribution in [0.4, 0.5) is 0 Å². The molecule has 0 atom stereocenters. The number of carbonyl (C=O) groups is 1. The number of rotatable bonds is 12. The summed E-state index contributed by atoms with van der Waals surface area (Å²) in [6.07, 6.45) is 15.1. The van der Waals surface area contributed by atoms with Crippen LogP contribution >= 0.6 is 0 Å². The lowest BCUT2D eigenvalue weighted by Gasteiger charge is -2.02. The van der Waals surface area contributed by atoms with Crippen LogP contribution in [-0.4, -0.2) is 20.9 Å². The first-order valence-electron chi connectivity index (χ1n) is 7.41. The zero-order valence-corrected chi connectivity index (χ0v) is 11.8. The van der Waals surface area contributed by atoms with Crippen LogP contribution in [0.25, 0.3) is 0 Å². The van der Waals surface area contributed by atoms with Gasteiger partial charge in [-0.3, -0.25) is 9.48 Å². The van der Waals surface area contributed by atoms with E-state index in [1.165, 1.54) is 44.9 Å². The number of amides is 1. The van der Waals surface area contributed by atoms with E-state index in [-0.39, 0.29) is 5.91 Å². The number of carbonyl (C=O) groups excluding carboxylic acids is 1. The Bertz CT molecular complexity index is 324. The second kappa shape index (κ2) is 10.5. The summed E-state index contributed by atoms with van der Waals surface area (Å²) < 4.78 is 1.89. The quantitative estimate of drug-likeness (QED) is 0.591. The molecule has 0 fully saturated rings. The summed E-state index contributed by atoms with van der Waals surface area (Å²) in [5.41, 5.74) is 5.09. The highest BCUT2D eigenvalue weighted by atomic mass is 16.1. The molecule has 0 aromatic carbocycles. The summed E-state index contributed by atoms with van der Waals surface area (Å²) in [7, 11) is 0. The highest BCUT2D eigenvalue weighted by molar-refractivity contribution is 5.73. The van der Waals surface area contributed by atoms with E-state index in [0.717, 1.165) is 19.4 Å². The molecular formula is C14H26N4O. The van der Waals surface area contributed by atoms with Crippen molar-refractivity contribution in [2.45, 2.75) is 70.8 Å². The van der Waals surface area contributed by atoms with Crippen LogP contribution in [0.3, 0.4) is 0 Å². The smallest absolute Gasteiger partial charge is 0.217 e. The molecule has 1 amide bonds. The minimum absolute atomic E-state index is 0.174. The van der Waals surface area contributed by atoms with Crippen molar-refractivity contribution in [3.05, 3.63) is 12.4 Å². The molecular weight excluding hydrogens is 240 g/mol. The standard InChI is InChI=1S/C14H26N4O/c15-14(19)10-8-6-4-2-1-3-5-7-9-12-18-13-11-16-17-18/h11,13H,1-10,12H2,(H2,15,19). The van der Waals surface area contributed by atoms with E-state index in [0.29, 0.717) is 6.42 Å². The molecule has 0 bridgehead atoms. The fraction of sp³-hybridized carbons (Fsp3) is 0.786. The van der Waals surface area contributed by atoms with Gasteiger partial charge in [0.25, 0.3) is 0 Å². The van der Waals surface area contributed by atoms with Gasteiger partial charge in [-0.1, -0.05) is 50.2 Å². The number of nitrogens with two attached hydrogens (primary N) is 1. The summed E-state index contributed by atoms with van der Waals surface area (Å²) in [6.45, 7) is 0.979. The van der Waals surface area contributed by atoms with Gasteiger partial charge in [-0.05, 0) is 12.8 Å². The lowest BCUT2D eigenvalue weighted by Crippen LogP contribution is -2.09. The van der Waals surface area contributed by atoms with Gasteiger partial charge in [0.1, 0.15) is 0 Å². The Morgan fingerprint density at radius 3 is 2.05 bits per heavy atom. The number of hydrogen-bond acceptors (Lipinski definition) is 3. The predicted molar refractivity (Wildman–Crippen MR) is 75.4 cm³/mol. The Hall–Kier alpha value is -1.39. The van der Waals surface area contributed by atoms with Gasteiger partial charge in [0.2, 0.25) is 5.91 Å². The molecule has 1 aromatic rings. The Balaban J connectivity index is 1.75. The Labute approximate surface area is 115 Å². The van der Waals surface area contributed by atoms with E-state index in [1.807, 2.05) is 10.9 Å². The van der Waals surface area contributed by atoms with Gasteiger partial charge in [0.15, 0.2) is 0 Å². The van der Waals surface area contributed by atoms with Gasteiger partial charge >= 0.3 is 0 Å². The molecule has 0 saturated heterocycles. The Morgan fingerprint density at radius 2 is 1.53 bits per heavy atom. The zero-order chi connectivity index (χ0) is 13.8. The molecule has 19 heavy (non-hydrogen) atoms. The topological polar surface area (TPSA) is 73.8 Å². The minimum atomic E-state index is -0.174. The van der Waals surface area contributed by atoms with Gasteiger partial charge in [-0.25, -0.2) is 0 Å². The third-order valence-electron chi connectivity index (χ3n) is 3.28. The van der Waals surface area contributed by atoms with Crippen LogP contribution in [0.2, 0.25) is 0 Å². The Morgan fingerprint density at radius 1 is 0.947 bits per heavy atom. The highest BCUT2D eigenvalue weighted by Gasteiger charge is 1.96. The summed E-state index contributed by atoms with van der Waals surface area (Å²) in [4.78, 5) is 10.5. The zero-order valence-electron chi connectivity index (χ0n) is 11.8. The van der Waals surface area contributed by atoms with E-state index in [1.54, 1.807) is 6.20 Å². The molecule has 1 rings (SSSR count). The molecule has 0 aliphatic heterocycles. The highest BCUT2D eigenvalue weighted by Crippen LogP contribution is 2.10. The molecule has 0 radical (unpaired) electrons. The molecule has 1 heterocycles. The minimum Gasteiger partial charge on any atom is -0.370 e. The maximum atomic E-state index is 10.5. The van der Waals surface area contributed by atoms with Crippen molar-refractivity contribution in [3.63, 3.8) is 0 Å². The van der Waals surface area contributed by atoms with Gasteiger partial charge in [-0.15, -0.1) is 5.10 Å². The number of primary amides is 1. The monoisotopic (exact) mass is 266 g/mol. The van der Waals surface area contributed by atoms with Crippen LogP contribution in [0.5, 0.6) is 0 Å². The SMILES string of the molecule is NC(=O)CCCCCCCCCCCn1ccnn1. The van der Waals surface area contributed by atoms with Crippen LogP contribution in [0, 0.1) is 0 Å². The maximum Gasteiger partial charge on any atom is 0.217 e. The summed E-state index contributed by atoms with van der Waals surface area (Å²) in [6, 6.07) is 0. The molecule has 108 valence electrons. The fourth-order valence-electron chi connectivity index (χ4n) is 2.16. The molecule has 5 heteroatoms. The predicted octanol–water partition coefficient (Wildman–Crippen LogP) is 2.66. The first-order chi connectivity index (χ1) is 9.29. The van der Waals surface area contributed by atoms with Crippen molar-refractivity contribution < 1.29 is 4.79 Å². The average molecular weight is 266 g/mol. The van der Waals surface area contributed by atoms with E-state index >= 15 is 0 Å². The van der Waals surface area contributed by atoms with Crippen molar-refractivity contribution in [2.24, 2.45) is 5.73 Å². The molecule has 2 N–H and O–H groups in total. The van der Waals surface area contributed by atoms with Crippen molar-refractivity contribution in [3.8, 4) is 0 Å². The van der Waals surface area contributed by atoms with Crippen molar-refractivity contribution in [2.75, 3.05) is 0 Å². The van der Waals surface area contributed by atoms with Crippen LogP contribution < -0.4 is 5.73 Å². The first kappa shape index (κ1) is 15.7. The number of hydrogen-bond donors (Lipinski definition) is 1. The summed E-state index contributed by atoms with van der Waals surface area (Å²) in [5.74, 6) is -0.174. The molecule has 0 unspecified atom stereocenters. The van der Waals surface area contributed by atoms with E-state index in [9.17, 15) is 4.79 Å². The number of unbranched alkanes of at least 4 members (excludes halogenated alkanes) is 8. The van der Waals surface area contributed by atoms with Crippen LogP contribution in [-0.2, 0) is 11.3 Å². The summed E-state index contributed by atoms with van der Waals surface area (Å²) in [5, 5.41) is 7.72. The maximum absolute atomic E-state index is 10.5. The van der Waals surface area contributed by atoms with E-state index in [2.05, 4.69) is 10.3 Å². The molecule has 0 aliphatic rings. The van der Waals surface area contributed by atoms with Crippen LogP contribution in [0.1, 0.15) is 64.2 Å². The van der Waals surface area contributed by atoms with Crippen LogP contribution in [0.15, 0.2) is 12.4 Å². The van der Waals surface area contributed by atoms with Gasteiger partial charge < -0.3 is 5.73 Å². The van der Waals surface area contributed by atoms with Gasteiger partial charge in [-0.2, -0.15) is 0 Å². The second-order valence-electron chi connectivity index (χ2n) is 5.06. The normalized spacial score (nSPS) is 10.7.